The van der Waals surface area contributed by atoms with Gasteiger partial charge in [0.25, 0.3) is 11.8 Å². The van der Waals surface area contributed by atoms with Crippen molar-refractivity contribution in [2.75, 3.05) is 0 Å². The molecule has 1 aromatic carbocycles. The van der Waals surface area contributed by atoms with Gasteiger partial charge in [-0.2, -0.15) is 5.10 Å². The number of benzene rings is 1. The lowest BCUT2D eigenvalue weighted by Crippen LogP contribution is -2.40. The molecular weight excluding hydrogens is 392 g/mol. The summed E-state index contributed by atoms with van der Waals surface area (Å²) in [5.74, 6) is -0.491. The zero-order chi connectivity index (χ0) is 21.0. The summed E-state index contributed by atoms with van der Waals surface area (Å²) < 4.78 is 6.75. The average molecular weight is 413 g/mol. The highest BCUT2D eigenvalue weighted by atomic mass is 35.5. The normalized spacial score (nSPS) is 11.0. The molecule has 0 saturated heterocycles. The lowest BCUT2D eigenvalue weighted by atomic mass is 10.1. The van der Waals surface area contributed by atoms with E-state index in [9.17, 15) is 9.59 Å². The first kappa shape index (κ1) is 20.4. The predicted molar refractivity (Wildman–Crippen MR) is 110 cm³/mol. The highest BCUT2D eigenvalue weighted by molar-refractivity contribution is 6.31. The molecule has 8 heteroatoms. The Labute approximate surface area is 173 Å². The SMILES string of the molecule is Cc1ccc(Cn2nc(C)c(/C=C/C(=O)NNC(=O)c3ccoc3C)c2Cl)cc1. The summed E-state index contributed by atoms with van der Waals surface area (Å²) in [6, 6.07) is 9.64. The number of nitrogens with zero attached hydrogens (tertiary/aromatic N) is 2. The number of hydrazine groups is 1. The van der Waals surface area contributed by atoms with Gasteiger partial charge < -0.3 is 4.42 Å². The van der Waals surface area contributed by atoms with E-state index >= 15 is 0 Å². The largest absolute Gasteiger partial charge is 0.469 e. The van der Waals surface area contributed by atoms with Crippen molar-refractivity contribution in [1.29, 1.82) is 0 Å². The fraction of sp³-hybridized carbons (Fsp3) is 0.190. The van der Waals surface area contributed by atoms with E-state index in [4.69, 9.17) is 16.0 Å². The van der Waals surface area contributed by atoms with Crippen LogP contribution in [-0.4, -0.2) is 21.6 Å². The highest BCUT2D eigenvalue weighted by Gasteiger charge is 2.13. The topological polar surface area (TPSA) is 89.2 Å². The number of aryl methyl sites for hydroxylation is 3. The number of carbonyl (C=O) groups is 2. The fourth-order valence-corrected chi connectivity index (χ4v) is 3.03. The molecule has 3 aromatic rings. The predicted octanol–water partition coefficient (Wildman–Crippen LogP) is 3.58. The van der Waals surface area contributed by atoms with Crippen LogP contribution in [0.4, 0.5) is 0 Å². The van der Waals surface area contributed by atoms with Crippen LogP contribution in [0, 0.1) is 20.8 Å². The first-order chi connectivity index (χ1) is 13.8. The van der Waals surface area contributed by atoms with Crippen molar-refractivity contribution in [3.8, 4) is 0 Å². The van der Waals surface area contributed by atoms with Crippen molar-refractivity contribution in [1.82, 2.24) is 20.6 Å². The number of furan rings is 1. The lowest BCUT2D eigenvalue weighted by molar-refractivity contribution is -0.117. The van der Waals surface area contributed by atoms with Gasteiger partial charge >= 0.3 is 0 Å². The molecular formula is C21H21ClN4O3. The van der Waals surface area contributed by atoms with Crippen molar-refractivity contribution in [3.63, 3.8) is 0 Å². The summed E-state index contributed by atoms with van der Waals surface area (Å²) in [5, 5.41) is 4.88. The van der Waals surface area contributed by atoms with Gasteiger partial charge in [0.2, 0.25) is 0 Å². The summed E-state index contributed by atoms with van der Waals surface area (Å²) >= 11 is 6.44. The van der Waals surface area contributed by atoms with Gasteiger partial charge in [0.05, 0.1) is 24.1 Å². The number of halogens is 1. The van der Waals surface area contributed by atoms with E-state index in [0.29, 0.717) is 34.3 Å². The molecule has 0 saturated carbocycles. The molecule has 2 N–H and O–H groups in total. The Hall–Kier alpha value is -3.32. The Kier molecular flexibility index (Phi) is 6.19. The molecule has 150 valence electrons. The molecule has 0 aliphatic heterocycles. The van der Waals surface area contributed by atoms with Gasteiger partial charge in [-0.05, 0) is 38.5 Å². The number of amides is 2. The average Bonchev–Trinajstić information content (AvgIpc) is 3.23. The van der Waals surface area contributed by atoms with E-state index in [1.54, 1.807) is 17.7 Å². The summed E-state index contributed by atoms with van der Waals surface area (Å²) in [6.07, 6.45) is 4.26. The minimum Gasteiger partial charge on any atom is -0.469 e. The van der Waals surface area contributed by atoms with Crippen molar-refractivity contribution in [3.05, 3.63) is 81.5 Å². The molecule has 0 spiro atoms. The molecule has 2 amide bonds. The van der Waals surface area contributed by atoms with E-state index in [1.807, 2.05) is 38.1 Å². The Bertz CT molecular complexity index is 1060. The molecule has 0 atom stereocenters. The van der Waals surface area contributed by atoms with Crippen LogP contribution in [0.5, 0.6) is 0 Å². The van der Waals surface area contributed by atoms with Gasteiger partial charge in [-0.15, -0.1) is 0 Å². The smallest absolute Gasteiger partial charge is 0.273 e. The first-order valence-electron chi connectivity index (χ1n) is 8.96. The van der Waals surface area contributed by atoms with Gasteiger partial charge in [0, 0.05) is 11.6 Å². The third kappa shape index (κ3) is 4.94. The van der Waals surface area contributed by atoms with Crippen LogP contribution in [-0.2, 0) is 11.3 Å². The van der Waals surface area contributed by atoms with E-state index in [-0.39, 0.29) is 0 Å². The molecule has 29 heavy (non-hydrogen) atoms. The maximum absolute atomic E-state index is 12.0. The maximum Gasteiger partial charge on any atom is 0.273 e. The van der Waals surface area contributed by atoms with Crippen molar-refractivity contribution in [2.45, 2.75) is 27.3 Å². The molecule has 0 unspecified atom stereocenters. The molecule has 0 fully saturated rings. The Morgan fingerprint density at radius 3 is 2.52 bits per heavy atom. The number of hydrogen-bond acceptors (Lipinski definition) is 4. The van der Waals surface area contributed by atoms with Crippen LogP contribution >= 0.6 is 11.6 Å². The summed E-state index contributed by atoms with van der Waals surface area (Å²) in [6.45, 7) is 6.04. The molecule has 2 aromatic heterocycles. The first-order valence-corrected chi connectivity index (χ1v) is 9.34. The van der Waals surface area contributed by atoms with E-state index in [1.165, 1.54) is 24.0 Å². The molecule has 0 bridgehead atoms. The third-order valence-corrected chi connectivity index (χ3v) is 4.77. The number of carbonyl (C=O) groups excluding carboxylic acids is 2. The van der Waals surface area contributed by atoms with E-state index in [2.05, 4.69) is 16.0 Å². The second kappa shape index (κ2) is 8.79. The van der Waals surface area contributed by atoms with Crippen LogP contribution in [0.2, 0.25) is 5.15 Å². The molecule has 0 aliphatic carbocycles. The minimum atomic E-state index is -0.499. The number of nitrogens with one attached hydrogen (secondary N) is 2. The Balaban J connectivity index is 1.63. The van der Waals surface area contributed by atoms with Crippen LogP contribution in [0.1, 0.15) is 38.5 Å². The number of rotatable bonds is 5. The summed E-state index contributed by atoms with van der Waals surface area (Å²) in [7, 11) is 0. The summed E-state index contributed by atoms with van der Waals surface area (Å²) in [4.78, 5) is 24.0. The molecule has 0 aliphatic rings. The standard InChI is InChI=1S/C21H21ClN4O3/c1-13-4-6-16(7-5-13)12-26-20(22)17(14(2)25-26)8-9-19(27)23-24-21(28)18-10-11-29-15(18)3/h4-11H,12H2,1-3H3,(H,23,27)(H,24,28)/b9-8+. The number of aromatic nitrogens is 2. The van der Waals surface area contributed by atoms with Gasteiger partial charge in [-0.1, -0.05) is 41.4 Å². The zero-order valence-electron chi connectivity index (χ0n) is 16.3. The van der Waals surface area contributed by atoms with E-state index < -0.39 is 11.8 Å². The third-order valence-electron chi connectivity index (χ3n) is 4.37. The maximum atomic E-state index is 12.0. The minimum absolute atomic E-state index is 0.352. The quantitative estimate of drug-likeness (QED) is 0.495. The second-order valence-corrected chi connectivity index (χ2v) is 6.96. The van der Waals surface area contributed by atoms with Gasteiger partial charge in [-0.3, -0.25) is 20.4 Å². The monoisotopic (exact) mass is 412 g/mol. The van der Waals surface area contributed by atoms with Crippen LogP contribution in [0.3, 0.4) is 0 Å². The molecule has 0 radical (unpaired) electrons. The lowest BCUT2D eigenvalue weighted by Gasteiger charge is -2.04. The van der Waals surface area contributed by atoms with Crippen molar-refractivity contribution >= 4 is 29.5 Å². The molecule has 3 rings (SSSR count). The molecule has 7 nitrogen and oxygen atoms in total. The van der Waals surface area contributed by atoms with Crippen LogP contribution < -0.4 is 10.9 Å². The van der Waals surface area contributed by atoms with Crippen LogP contribution in [0.15, 0.2) is 47.1 Å². The van der Waals surface area contributed by atoms with Gasteiger partial charge in [0.1, 0.15) is 10.9 Å². The fourth-order valence-electron chi connectivity index (χ4n) is 2.73. The van der Waals surface area contributed by atoms with E-state index in [0.717, 1.165) is 5.56 Å². The highest BCUT2D eigenvalue weighted by Crippen LogP contribution is 2.22. The molecule has 2 heterocycles. The van der Waals surface area contributed by atoms with Crippen molar-refractivity contribution < 1.29 is 14.0 Å². The summed E-state index contributed by atoms with van der Waals surface area (Å²) in [5.41, 5.74) is 8.60. The van der Waals surface area contributed by atoms with Gasteiger partial charge in [0.15, 0.2) is 0 Å². The van der Waals surface area contributed by atoms with Crippen molar-refractivity contribution in [2.24, 2.45) is 0 Å². The second-order valence-electron chi connectivity index (χ2n) is 6.60. The number of hydrogen-bond donors (Lipinski definition) is 2. The van der Waals surface area contributed by atoms with Gasteiger partial charge in [-0.25, -0.2) is 4.68 Å². The zero-order valence-corrected chi connectivity index (χ0v) is 17.1. The Morgan fingerprint density at radius 2 is 1.86 bits per heavy atom. The Morgan fingerprint density at radius 1 is 1.14 bits per heavy atom. The van der Waals surface area contributed by atoms with Crippen LogP contribution in [0.25, 0.3) is 6.08 Å².